The van der Waals surface area contributed by atoms with E-state index >= 15 is 0 Å². The van der Waals surface area contributed by atoms with Gasteiger partial charge >= 0.3 is 12.1 Å². The zero-order valence-electron chi connectivity index (χ0n) is 20.5. The van der Waals surface area contributed by atoms with Gasteiger partial charge in [-0.25, -0.2) is 19.6 Å². The van der Waals surface area contributed by atoms with Gasteiger partial charge in [-0.15, -0.1) is 0 Å². The molecule has 2 aromatic rings. The molecule has 3 heterocycles. The number of hydrogen-bond donors (Lipinski definition) is 3. The summed E-state index contributed by atoms with van der Waals surface area (Å²) in [5, 5.41) is 16.2. The number of hydrogen-bond acceptors (Lipinski definition) is 8. The van der Waals surface area contributed by atoms with Crippen molar-refractivity contribution in [3.63, 3.8) is 0 Å². The number of rotatable bonds is 5. The molecule has 36 heavy (non-hydrogen) atoms. The van der Waals surface area contributed by atoms with Gasteiger partial charge in [0.05, 0.1) is 10.6 Å². The Morgan fingerprint density at radius 3 is 2.64 bits per heavy atom. The highest BCUT2D eigenvalue weighted by atomic mass is 35.5. The fourth-order valence-corrected chi connectivity index (χ4v) is 4.20. The van der Waals surface area contributed by atoms with Crippen LogP contribution in [-0.4, -0.2) is 63.4 Å². The quantitative estimate of drug-likeness (QED) is 0.507. The van der Waals surface area contributed by atoms with Crippen LogP contribution in [-0.2, 0) is 9.53 Å². The number of carbonyl (C=O) groups excluding carboxylic acids is 1. The first kappa shape index (κ1) is 25.6. The Kier molecular flexibility index (Phi) is 7.53. The summed E-state index contributed by atoms with van der Waals surface area (Å²) in [6, 6.07) is 5.33. The van der Waals surface area contributed by atoms with E-state index in [1.54, 1.807) is 23.1 Å². The van der Waals surface area contributed by atoms with Crippen molar-refractivity contribution in [2.75, 3.05) is 30.3 Å². The number of carboxylic acid groups (broad SMARTS) is 1. The Morgan fingerprint density at radius 1 is 1.22 bits per heavy atom. The molecule has 0 unspecified atom stereocenters. The number of aliphatic carboxylic acids is 1. The lowest BCUT2D eigenvalue weighted by Crippen LogP contribution is -2.44. The summed E-state index contributed by atoms with van der Waals surface area (Å²) in [5.41, 5.74) is 0.991. The van der Waals surface area contributed by atoms with E-state index in [4.69, 9.17) is 21.1 Å². The van der Waals surface area contributed by atoms with Crippen LogP contribution in [0.15, 0.2) is 30.1 Å². The van der Waals surface area contributed by atoms with Crippen molar-refractivity contribution in [3.05, 3.63) is 40.7 Å². The first-order valence-corrected chi connectivity index (χ1v) is 12.2. The first-order valence-electron chi connectivity index (χ1n) is 11.8. The minimum absolute atomic E-state index is 0.0664. The van der Waals surface area contributed by atoms with Crippen LogP contribution in [0.25, 0.3) is 6.08 Å². The molecule has 0 bridgehead atoms. The van der Waals surface area contributed by atoms with Crippen molar-refractivity contribution < 1.29 is 24.2 Å². The molecule has 0 radical (unpaired) electrons. The van der Waals surface area contributed by atoms with E-state index in [2.05, 4.69) is 20.6 Å². The minimum Gasteiger partial charge on any atom is -0.489 e. The predicted octanol–water partition coefficient (Wildman–Crippen LogP) is 4.94. The van der Waals surface area contributed by atoms with Gasteiger partial charge in [0.25, 0.3) is 0 Å². The molecule has 10 nitrogen and oxygen atoms in total. The maximum Gasteiger partial charge on any atom is 0.410 e. The second-order valence-corrected chi connectivity index (χ2v) is 10.1. The molecule has 192 valence electrons. The van der Waals surface area contributed by atoms with Gasteiger partial charge in [-0.2, -0.15) is 0 Å². The molecule has 1 aromatic carbocycles. The third-order valence-corrected chi connectivity index (χ3v) is 6.04. The van der Waals surface area contributed by atoms with Gasteiger partial charge in [0.15, 0.2) is 0 Å². The Balaban J connectivity index is 1.41. The molecule has 1 fully saturated rings. The number of amides is 1. The van der Waals surface area contributed by atoms with Gasteiger partial charge in [-0.05, 0) is 51.5 Å². The minimum atomic E-state index is -0.971. The lowest BCUT2D eigenvalue weighted by molar-refractivity contribution is -0.132. The van der Waals surface area contributed by atoms with Crippen molar-refractivity contribution in [3.8, 4) is 5.75 Å². The molecule has 1 saturated heterocycles. The second-order valence-electron chi connectivity index (χ2n) is 9.69. The molecule has 0 aliphatic carbocycles. The summed E-state index contributed by atoms with van der Waals surface area (Å²) in [5.74, 6) is 0.607. The van der Waals surface area contributed by atoms with Crippen LogP contribution in [0.2, 0.25) is 5.02 Å². The van der Waals surface area contributed by atoms with Gasteiger partial charge in [0.2, 0.25) is 0 Å². The highest BCUT2D eigenvalue weighted by molar-refractivity contribution is 6.32. The van der Waals surface area contributed by atoms with Crippen LogP contribution >= 0.6 is 11.6 Å². The maximum atomic E-state index is 12.3. The molecule has 1 amide bonds. The molecule has 0 saturated carbocycles. The molecule has 0 atom stereocenters. The summed E-state index contributed by atoms with van der Waals surface area (Å²) < 4.78 is 11.6. The number of nitrogens with zero attached hydrogens (tertiary/aromatic N) is 3. The summed E-state index contributed by atoms with van der Waals surface area (Å²) in [4.78, 5) is 34.0. The number of aromatic nitrogens is 2. The molecule has 11 heteroatoms. The Hall–Kier alpha value is -3.53. The number of carboxylic acids is 1. The van der Waals surface area contributed by atoms with Gasteiger partial charge in [0, 0.05) is 43.7 Å². The monoisotopic (exact) mass is 515 g/mol. The Bertz CT molecular complexity index is 1170. The number of halogens is 1. The van der Waals surface area contributed by atoms with Crippen LogP contribution in [0, 0.1) is 0 Å². The zero-order chi connectivity index (χ0) is 25.9. The third kappa shape index (κ3) is 6.37. The Labute approximate surface area is 214 Å². The molecular weight excluding hydrogens is 486 g/mol. The fourth-order valence-electron chi connectivity index (χ4n) is 3.98. The van der Waals surface area contributed by atoms with Gasteiger partial charge in [-0.3, -0.25) is 0 Å². The molecule has 1 aromatic heterocycles. The largest absolute Gasteiger partial charge is 0.489 e. The van der Waals surface area contributed by atoms with E-state index in [1.807, 2.05) is 26.8 Å². The third-order valence-electron chi connectivity index (χ3n) is 5.75. The maximum absolute atomic E-state index is 12.3. The van der Waals surface area contributed by atoms with E-state index in [1.165, 1.54) is 6.33 Å². The zero-order valence-corrected chi connectivity index (χ0v) is 21.3. The summed E-state index contributed by atoms with van der Waals surface area (Å²) >= 11 is 6.52. The smallest absolute Gasteiger partial charge is 0.410 e. The number of carbonyl (C=O) groups is 2. The summed E-state index contributed by atoms with van der Waals surface area (Å²) in [7, 11) is 0. The van der Waals surface area contributed by atoms with Gasteiger partial charge in [-0.1, -0.05) is 11.6 Å². The van der Waals surface area contributed by atoms with E-state index < -0.39 is 11.6 Å². The lowest BCUT2D eigenvalue weighted by atomic mass is 10.1. The van der Waals surface area contributed by atoms with E-state index in [9.17, 15) is 14.7 Å². The van der Waals surface area contributed by atoms with E-state index in [-0.39, 0.29) is 17.8 Å². The lowest BCUT2D eigenvalue weighted by Gasteiger charge is -2.33. The average molecular weight is 516 g/mol. The van der Waals surface area contributed by atoms with Crippen molar-refractivity contribution >= 4 is 47.1 Å². The molecule has 0 spiro atoms. The van der Waals surface area contributed by atoms with Crippen molar-refractivity contribution in [2.24, 2.45) is 0 Å². The van der Waals surface area contributed by atoms with Crippen LogP contribution in [0.4, 0.5) is 22.1 Å². The molecule has 4 rings (SSSR count). The molecular formula is C25H30ClN5O5. The van der Waals surface area contributed by atoms with Crippen molar-refractivity contribution in [1.82, 2.24) is 14.9 Å². The highest BCUT2D eigenvalue weighted by Gasteiger charge is 2.28. The second kappa shape index (κ2) is 10.6. The van der Waals surface area contributed by atoms with Gasteiger partial charge in [0.1, 0.15) is 35.4 Å². The first-order chi connectivity index (χ1) is 17.1. The van der Waals surface area contributed by atoms with Crippen LogP contribution in [0.3, 0.4) is 0 Å². The SMILES string of the molecule is CC(C)(C)OC(=O)N1CCC(Oc2ccc(Nc3ncnc4c3C=C(C(=O)O)CCN4)cc2Cl)CC1. The molecule has 3 N–H and O–H groups in total. The average Bonchev–Trinajstić information content (AvgIpc) is 3.04. The molecule has 2 aliphatic heterocycles. The molecule has 2 aliphatic rings. The summed E-state index contributed by atoms with van der Waals surface area (Å²) in [6.07, 6.45) is 4.35. The number of anilines is 3. The number of likely N-dealkylation sites (tertiary alicyclic amines) is 1. The number of ether oxygens (including phenoxy) is 2. The predicted molar refractivity (Wildman–Crippen MR) is 137 cm³/mol. The van der Waals surface area contributed by atoms with Crippen molar-refractivity contribution in [2.45, 2.75) is 51.7 Å². The Morgan fingerprint density at radius 2 is 1.97 bits per heavy atom. The summed E-state index contributed by atoms with van der Waals surface area (Å²) in [6.45, 7) is 7.12. The van der Waals surface area contributed by atoms with Crippen LogP contribution in [0.1, 0.15) is 45.6 Å². The topological polar surface area (TPSA) is 126 Å². The van der Waals surface area contributed by atoms with Gasteiger partial charge < -0.3 is 30.1 Å². The number of piperidine rings is 1. The van der Waals surface area contributed by atoms with E-state index in [0.29, 0.717) is 72.6 Å². The highest BCUT2D eigenvalue weighted by Crippen LogP contribution is 2.33. The van der Waals surface area contributed by atoms with E-state index in [0.717, 1.165) is 0 Å². The van der Waals surface area contributed by atoms with Crippen LogP contribution < -0.4 is 15.4 Å². The number of fused-ring (bicyclic) bond motifs is 1. The normalized spacial score (nSPS) is 16.2. The standard InChI is InChI=1S/C25H30ClN5O5/c1-25(2,3)36-24(34)31-10-7-17(8-11-31)35-20-5-4-16(13-19(20)26)30-22-18-12-15(23(32)33)6-9-27-21(18)28-14-29-22/h4-5,12-14,17H,6-11H2,1-3H3,(H,32,33)(H2,27,28,29,30). The number of benzene rings is 1. The number of nitrogens with one attached hydrogen (secondary N) is 2. The van der Waals surface area contributed by atoms with Crippen LogP contribution in [0.5, 0.6) is 5.75 Å². The fraction of sp³-hybridized carbons (Fsp3) is 0.440. The van der Waals surface area contributed by atoms with Crippen molar-refractivity contribution in [1.29, 1.82) is 0 Å².